The topological polar surface area (TPSA) is 99.4 Å². The number of nitrogens with one attached hydrogen (secondary N) is 1. The summed E-state index contributed by atoms with van der Waals surface area (Å²) in [5, 5.41) is 12.1. The van der Waals surface area contributed by atoms with Crippen LogP contribution < -0.4 is 5.43 Å². The molecule has 0 spiro atoms. The Hall–Kier alpha value is -2.41. The summed E-state index contributed by atoms with van der Waals surface area (Å²) < 4.78 is 62.1. The first kappa shape index (κ1) is 18.6. The van der Waals surface area contributed by atoms with Crippen LogP contribution in [0.15, 0.2) is 28.2 Å². The monoisotopic (exact) mass is 347 g/mol. The number of carbonyl (C=O) groups is 1. The van der Waals surface area contributed by atoms with Crippen molar-refractivity contribution in [1.29, 1.82) is 5.26 Å². The zero-order valence-corrected chi connectivity index (χ0v) is 12.9. The Morgan fingerprint density at radius 1 is 1.39 bits per heavy atom. The van der Waals surface area contributed by atoms with Gasteiger partial charge in [-0.3, -0.25) is 10.2 Å². The van der Waals surface area contributed by atoms with Gasteiger partial charge in [0.25, 0.3) is 0 Å². The van der Waals surface area contributed by atoms with Gasteiger partial charge in [0.1, 0.15) is 6.07 Å². The first-order chi connectivity index (χ1) is 10.5. The van der Waals surface area contributed by atoms with E-state index < -0.39 is 43.7 Å². The Morgan fingerprint density at radius 2 is 2.00 bits per heavy atom. The minimum absolute atomic E-state index is 0.339. The van der Waals surface area contributed by atoms with Gasteiger partial charge in [-0.05, 0) is 18.2 Å². The lowest BCUT2D eigenvalue weighted by Crippen LogP contribution is -2.13. The molecule has 0 heterocycles. The van der Waals surface area contributed by atoms with E-state index in [1.54, 1.807) is 0 Å². The van der Waals surface area contributed by atoms with Gasteiger partial charge < -0.3 is 0 Å². The maximum absolute atomic E-state index is 12.8. The second-order valence-electron chi connectivity index (χ2n) is 4.35. The van der Waals surface area contributed by atoms with Gasteiger partial charge >= 0.3 is 6.18 Å². The van der Waals surface area contributed by atoms with Crippen molar-refractivity contribution in [3.05, 3.63) is 23.8 Å². The van der Waals surface area contributed by atoms with Crippen LogP contribution in [0.5, 0.6) is 0 Å². The molecule has 10 heteroatoms. The maximum atomic E-state index is 12.8. The molecule has 0 aliphatic heterocycles. The summed E-state index contributed by atoms with van der Waals surface area (Å²) in [6.07, 6.45) is -4.69. The minimum atomic E-state index is -4.69. The number of anilines is 1. The summed E-state index contributed by atoms with van der Waals surface area (Å²) in [5.74, 6) is -1.05. The second-order valence-corrected chi connectivity index (χ2v) is 6.60. The molecule has 0 amide bonds. The SMILES string of the molecule is CCS(=O)(=O)c1ccc(C(F)(F)F)cc1NN=C(C#N)C(C)=O. The highest BCUT2D eigenvalue weighted by molar-refractivity contribution is 7.91. The average Bonchev–Trinajstić information content (AvgIpc) is 2.46. The summed E-state index contributed by atoms with van der Waals surface area (Å²) in [5.41, 5.74) is -0.0846. The maximum Gasteiger partial charge on any atom is 0.416 e. The number of benzene rings is 1. The first-order valence-corrected chi connectivity index (χ1v) is 7.87. The van der Waals surface area contributed by atoms with Crippen molar-refractivity contribution < 1.29 is 26.4 Å². The van der Waals surface area contributed by atoms with Gasteiger partial charge in [-0.1, -0.05) is 6.92 Å². The summed E-state index contributed by atoms with van der Waals surface area (Å²) >= 11 is 0. The van der Waals surface area contributed by atoms with E-state index in [4.69, 9.17) is 5.26 Å². The molecule has 0 unspecified atom stereocenters. The highest BCUT2D eigenvalue weighted by atomic mass is 32.2. The molecule has 124 valence electrons. The van der Waals surface area contributed by atoms with Gasteiger partial charge in [0.05, 0.1) is 21.9 Å². The number of nitriles is 1. The molecule has 0 atom stereocenters. The minimum Gasteiger partial charge on any atom is -0.292 e. The normalized spacial score (nSPS) is 12.6. The van der Waals surface area contributed by atoms with Gasteiger partial charge in [0.2, 0.25) is 5.71 Å². The second kappa shape index (κ2) is 6.78. The molecular weight excluding hydrogens is 335 g/mol. The van der Waals surface area contributed by atoms with Gasteiger partial charge in [-0.2, -0.15) is 23.5 Å². The number of ketones is 1. The van der Waals surface area contributed by atoms with Crippen molar-refractivity contribution in [1.82, 2.24) is 0 Å². The van der Waals surface area contributed by atoms with E-state index in [0.717, 1.165) is 13.0 Å². The lowest BCUT2D eigenvalue weighted by atomic mass is 10.2. The van der Waals surface area contributed by atoms with Crippen LogP contribution in [0.1, 0.15) is 19.4 Å². The van der Waals surface area contributed by atoms with Crippen LogP contribution in [0.25, 0.3) is 0 Å². The van der Waals surface area contributed by atoms with E-state index in [9.17, 15) is 26.4 Å². The summed E-state index contributed by atoms with van der Waals surface area (Å²) in [6, 6.07) is 3.45. The number of carbonyl (C=O) groups excluding carboxylic acids is 1. The number of sulfone groups is 1. The molecule has 0 fully saturated rings. The molecule has 0 aliphatic rings. The fourth-order valence-electron chi connectivity index (χ4n) is 1.52. The number of rotatable bonds is 5. The third kappa shape index (κ3) is 4.53. The number of halogens is 3. The lowest BCUT2D eigenvalue weighted by molar-refractivity contribution is -0.137. The molecule has 0 saturated heterocycles. The fraction of sp³-hybridized carbons (Fsp3) is 0.308. The van der Waals surface area contributed by atoms with E-state index in [-0.39, 0.29) is 5.75 Å². The van der Waals surface area contributed by atoms with Crippen LogP contribution in [0, 0.1) is 11.3 Å². The van der Waals surface area contributed by atoms with E-state index in [2.05, 4.69) is 10.5 Å². The Kier molecular flexibility index (Phi) is 5.50. The third-order valence-electron chi connectivity index (χ3n) is 2.75. The fourth-order valence-corrected chi connectivity index (χ4v) is 2.54. The van der Waals surface area contributed by atoms with Crippen molar-refractivity contribution in [2.75, 3.05) is 11.2 Å². The quantitative estimate of drug-likeness (QED) is 0.651. The highest BCUT2D eigenvalue weighted by Gasteiger charge is 2.32. The number of nitrogens with zero attached hydrogens (tertiary/aromatic N) is 2. The standard InChI is InChI=1S/C13H12F3N3O3S/c1-3-23(21,22)12-5-4-9(13(14,15)16)6-10(12)18-19-11(7-17)8(2)20/h4-6,18H,3H2,1-2H3. The third-order valence-corrected chi connectivity index (χ3v) is 4.54. The summed E-state index contributed by atoms with van der Waals surface area (Å²) in [7, 11) is -3.83. The van der Waals surface area contributed by atoms with E-state index in [1.165, 1.54) is 13.0 Å². The van der Waals surface area contributed by atoms with Crippen LogP contribution >= 0.6 is 0 Å². The molecule has 0 saturated carbocycles. The molecule has 23 heavy (non-hydrogen) atoms. The zero-order chi connectivity index (χ0) is 17.8. The molecule has 6 nitrogen and oxygen atoms in total. The number of hydrogen-bond donors (Lipinski definition) is 1. The molecular formula is C13H12F3N3O3S. The van der Waals surface area contributed by atoms with E-state index >= 15 is 0 Å². The van der Waals surface area contributed by atoms with Crippen LogP contribution in [-0.4, -0.2) is 25.7 Å². The van der Waals surface area contributed by atoms with Gasteiger partial charge in [0.15, 0.2) is 15.6 Å². The van der Waals surface area contributed by atoms with Crippen molar-refractivity contribution in [2.45, 2.75) is 24.9 Å². The van der Waals surface area contributed by atoms with Crippen molar-refractivity contribution in [3.8, 4) is 6.07 Å². The predicted octanol–water partition coefficient (Wildman–Crippen LogP) is 2.38. The molecule has 1 aromatic rings. The molecule has 0 aliphatic carbocycles. The smallest absolute Gasteiger partial charge is 0.292 e. The molecule has 1 rings (SSSR count). The largest absolute Gasteiger partial charge is 0.416 e. The zero-order valence-electron chi connectivity index (χ0n) is 12.1. The van der Waals surface area contributed by atoms with E-state index in [1.807, 2.05) is 0 Å². The Bertz CT molecular complexity index is 793. The summed E-state index contributed by atoms with van der Waals surface area (Å²) in [4.78, 5) is 10.7. The Balaban J connectivity index is 3.47. The number of hydrazone groups is 1. The van der Waals surface area contributed by atoms with Crippen LogP contribution in [-0.2, 0) is 20.8 Å². The highest BCUT2D eigenvalue weighted by Crippen LogP contribution is 2.34. The number of Topliss-reactive ketones (excluding diaryl/α,β-unsaturated/α-hetero) is 1. The first-order valence-electron chi connectivity index (χ1n) is 6.21. The van der Waals surface area contributed by atoms with Crippen molar-refractivity contribution >= 4 is 27.0 Å². The van der Waals surface area contributed by atoms with Crippen LogP contribution in [0.3, 0.4) is 0 Å². The van der Waals surface area contributed by atoms with Gasteiger partial charge in [-0.15, -0.1) is 0 Å². The molecule has 0 bridgehead atoms. The summed E-state index contributed by atoms with van der Waals surface area (Å²) in [6.45, 7) is 2.37. The Morgan fingerprint density at radius 3 is 2.43 bits per heavy atom. The van der Waals surface area contributed by atoms with Gasteiger partial charge in [0, 0.05) is 6.92 Å². The lowest BCUT2D eigenvalue weighted by Gasteiger charge is -2.13. The number of hydrogen-bond acceptors (Lipinski definition) is 6. The molecule has 1 aromatic carbocycles. The molecule has 0 radical (unpaired) electrons. The predicted molar refractivity (Wildman–Crippen MR) is 76.5 cm³/mol. The molecule has 0 aromatic heterocycles. The van der Waals surface area contributed by atoms with Gasteiger partial charge in [-0.25, -0.2) is 8.42 Å². The van der Waals surface area contributed by atoms with Crippen LogP contribution in [0.2, 0.25) is 0 Å². The van der Waals surface area contributed by atoms with E-state index in [0.29, 0.717) is 12.1 Å². The number of alkyl halides is 3. The van der Waals surface area contributed by atoms with Crippen molar-refractivity contribution in [3.63, 3.8) is 0 Å². The van der Waals surface area contributed by atoms with Crippen molar-refractivity contribution in [2.24, 2.45) is 5.10 Å². The average molecular weight is 347 g/mol. The van der Waals surface area contributed by atoms with Crippen LogP contribution in [0.4, 0.5) is 18.9 Å². The molecule has 1 N–H and O–H groups in total. The Labute approximate surface area is 130 Å².